The lowest BCUT2D eigenvalue weighted by Crippen LogP contribution is -2.76. The fourth-order valence-electron chi connectivity index (χ4n) is 5.31. The van der Waals surface area contributed by atoms with E-state index >= 15 is 0 Å². The third-order valence-corrected chi connectivity index (χ3v) is 7.57. The Bertz CT molecular complexity index is 1190. The number of hydrogen-bond donors (Lipinski definition) is 5. The van der Waals surface area contributed by atoms with Gasteiger partial charge in [0.25, 0.3) is 0 Å². The summed E-state index contributed by atoms with van der Waals surface area (Å²) >= 11 is 0. The van der Waals surface area contributed by atoms with Crippen LogP contribution in [0.1, 0.15) is 66.9 Å². The molecule has 1 aromatic carbocycles. The van der Waals surface area contributed by atoms with Crippen LogP contribution in [0.5, 0.6) is 5.75 Å². The first kappa shape index (κ1) is 33.8. The number of carbonyl (C=O) groups excluding carboxylic acids is 5. The molecule has 4 amide bonds. The molecule has 0 saturated carbocycles. The summed E-state index contributed by atoms with van der Waals surface area (Å²) in [5, 5.41) is 21.4. The number of rotatable bonds is 4. The molecule has 0 aromatic heterocycles. The maximum Gasteiger partial charge on any atom is 0.410 e. The average molecular weight is 602 g/mol. The summed E-state index contributed by atoms with van der Waals surface area (Å²) < 4.78 is 5.48. The Hall–Kier alpha value is -3.67. The number of aromatic hydroxyl groups is 1. The van der Waals surface area contributed by atoms with Crippen molar-refractivity contribution in [1.82, 2.24) is 26.2 Å². The molecule has 3 rings (SSSR count). The number of benzene rings is 1. The number of hydrogen-bond acceptors (Lipinski definition) is 8. The van der Waals surface area contributed by atoms with Gasteiger partial charge in [0.1, 0.15) is 29.2 Å². The Morgan fingerprint density at radius 2 is 1.63 bits per heavy atom. The van der Waals surface area contributed by atoms with Crippen molar-refractivity contribution in [2.45, 2.75) is 97.0 Å². The second-order valence-corrected chi connectivity index (χ2v) is 13.4. The third kappa shape index (κ3) is 9.67. The zero-order valence-electron chi connectivity index (χ0n) is 26.3. The zero-order chi connectivity index (χ0) is 32.1. The van der Waals surface area contributed by atoms with Gasteiger partial charge in [0.15, 0.2) is 0 Å². The molecule has 43 heavy (non-hydrogen) atoms. The monoisotopic (exact) mass is 601 g/mol. The van der Waals surface area contributed by atoms with E-state index in [1.807, 2.05) is 13.8 Å². The maximum absolute atomic E-state index is 13.6. The van der Waals surface area contributed by atoms with Gasteiger partial charge in [-0.25, -0.2) is 4.79 Å². The van der Waals surface area contributed by atoms with E-state index < -0.39 is 59.0 Å². The van der Waals surface area contributed by atoms with Crippen LogP contribution in [-0.4, -0.2) is 88.5 Å². The number of phenolic OH excluding ortho intramolecular Hbond substituents is 1. The van der Waals surface area contributed by atoms with Crippen molar-refractivity contribution in [3.8, 4) is 5.75 Å². The van der Waals surface area contributed by atoms with Crippen LogP contribution >= 0.6 is 0 Å². The molecule has 2 heterocycles. The molecule has 12 heteroatoms. The Morgan fingerprint density at radius 3 is 2.21 bits per heavy atom. The van der Waals surface area contributed by atoms with Crippen molar-refractivity contribution in [2.24, 2.45) is 11.8 Å². The van der Waals surface area contributed by atoms with E-state index in [2.05, 4.69) is 21.3 Å². The van der Waals surface area contributed by atoms with Crippen molar-refractivity contribution in [1.29, 1.82) is 0 Å². The fraction of sp³-hybridized carbons (Fsp3) is 0.645. The van der Waals surface area contributed by atoms with E-state index in [9.17, 15) is 29.1 Å². The van der Waals surface area contributed by atoms with Gasteiger partial charge in [-0.15, -0.1) is 0 Å². The van der Waals surface area contributed by atoms with Crippen LogP contribution in [-0.2, 0) is 30.3 Å². The normalized spacial score (nSPS) is 25.6. The minimum Gasteiger partial charge on any atom is -0.508 e. The number of phenols is 1. The van der Waals surface area contributed by atoms with Crippen LogP contribution in [0.15, 0.2) is 24.3 Å². The lowest BCUT2D eigenvalue weighted by atomic mass is 9.86. The van der Waals surface area contributed by atoms with Gasteiger partial charge in [-0.1, -0.05) is 26.0 Å². The SMILES string of the molecule is CC(C)C[C@@H]1NC(=O)[C@H](Cc2ccc(O)cc2)CC(=O)[C@H](C)NC2(CNC(=O)[C@H](C)NC1=O)CN(C(=O)OC(C)(C)C)C2. The zero-order valence-corrected chi connectivity index (χ0v) is 26.3. The van der Waals surface area contributed by atoms with Gasteiger partial charge >= 0.3 is 6.09 Å². The van der Waals surface area contributed by atoms with Gasteiger partial charge in [0.05, 0.1) is 11.6 Å². The van der Waals surface area contributed by atoms with E-state index in [0.717, 1.165) is 5.56 Å². The van der Waals surface area contributed by atoms with E-state index in [4.69, 9.17) is 4.74 Å². The quantitative estimate of drug-likeness (QED) is 0.347. The first-order valence-corrected chi connectivity index (χ1v) is 14.9. The molecule has 238 valence electrons. The fourth-order valence-corrected chi connectivity index (χ4v) is 5.31. The standard InChI is InChI=1S/C31H47N5O7/c1-18(2)12-24-28(41)33-20(4)26(39)32-15-31(16-36(17-31)29(42)43-30(5,6)7)35-19(3)25(38)14-22(27(40)34-24)13-21-8-10-23(37)11-9-21/h8-11,18-20,22,24,35,37H,12-17H2,1-7H3,(H,32,39)(H,33,41)(H,34,40)/t19-,20-,22+,24-/m0/s1. The first-order valence-electron chi connectivity index (χ1n) is 14.9. The Labute approximate surface area is 253 Å². The molecule has 1 spiro atoms. The van der Waals surface area contributed by atoms with Crippen molar-refractivity contribution >= 4 is 29.6 Å². The van der Waals surface area contributed by atoms with E-state index in [-0.39, 0.29) is 49.9 Å². The second kappa shape index (κ2) is 13.7. The number of ketones is 1. The molecule has 0 bridgehead atoms. The van der Waals surface area contributed by atoms with Crippen LogP contribution in [0.2, 0.25) is 0 Å². The molecule has 0 unspecified atom stereocenters. The number of Topliss-reactive ketones (excluding diaryl/α,β-unsaturated/α-hetero) is 1. The number of nitrogens with zero attached hydrogens (tertiary/aromatic N) is 1. The van der Waals surface area contributed by atoms with E-state index in [1.54, 1.807) is 46.8 Å². The van der Waals surface area contributed by atoms with Gasteiger partial charge in [-0.2, -0.15) is 0 Å². The van der Waals surface area contributed by atoms with Gasteiger partial charge in [-0.3, -0.25) is 24.5 Å². The molecule has 0 radical (unpaired) electrons. The molecule has 2 aliphatic rings. The first-order chi connectivity index (χ1) is 20.0. The highest BCUT2D eigenvalue weighted by atomic mass is 16.6. The van der Waals surface area contributed by atoms with Crippen LogP contribution in [0.25, 0.3) is 0 Å². The van der Waals surface area contributed by atoms with Gasteiger partial charge in [0, 0.05) is 32.0 Å². The molecule has 2 fully saturated rings. The summed E-state index contributed by atoms with van der Waals surface area (Å²) in [5.41, 5.74) is -0.748. The molecule has 5 N–H and O–H groups in total. The number of carbonyl (C=O) groups is 5. The Balaban J connectivity index is 1.90. The number of ether oxygens (including phenoxy) is 1. The topological polar surface area (TPSA) is 166 Å². The number of amides is 4. The predicted octanol–water partition coefficient (Wildman–Crippen LogP) is 1.64. The molecule has 2 saturated heterocycles. The van der Waals surface area contributed by atoms with E-state index in [0.29, 0.717) is 6.42 Å². The lowest BCUT2D eigenvalue weighted by molar-refractivity contribution is -0.134. The summed E-state index contributed by atoms with van der Waals surface area (Å²) in [5.74, 6) is -2.24. The highest BCUT2D eigenvalue weighted by Crippen LogP contribution is 2.25. The maximum atomic E-state index is 13.6. The molecule has 0 aliphatic carbocycles. The molecule has 4 atom stereocenters. The predicted molar refractivity (Wildman–Crippen MR) is 160 cm³/mol. The summed E-state index contributed by atoms with van der Waals surface area (Å²) in [7, 11) is 0. The van der Waals surface area contributed by atoms with Crippen LogP contribution in [0.4, 0.5) is 4.79 Å². The van der Waals surface area contributed by atoms with Crippen molar-refractivity contribution in [3.05, 3.63) is 29.8 Å². The minimum absolute atomic E-state index is 0.0649. The highest BCUT2D eigenvalue weighted by Gasteiger charge is 2.48. The van der Waals surface area contributed by atoms with Crippen LogP contribution < -0.4 is 21.3 Å². The van der Waals surface area contributed by atoms with Crippen LogP contribution in [0, 0.1) is 11.8 Å². The lowest BCUT2D eigenvalue weighted by Gasteiger charge is -2.51. The average Bonchev–Trinajstić information content (AvgIpc) is 2.87. The molecular weight excluding hydrogens is 554 g/mol. The summed E-state index contributed by atoms with van der Waals surface area (Å²) in [4.78, 5) is 67.6. The smallest absolute Gasteiger partial charge is 0.410 e. The van der Waals surface area contributed by atoms with Gasteiger partial charge in [-0.05, 0) is 71.1 Å². The second-order valence-electron chi connectivity index (χ2n) is 13.4. The largest absolute Gasteiger partial charge is 0.508 e. The Kier molecular flexibility index (Phi) is 10.8. The summed E-state index contributed by atoms with van der Waals surface area (Å²) in [6, 6.07) is 3.91. The van der Waals surface area contributed by atoms with Crippen molar-refractivity contribution in [2.75, 3.05) is 19.6 Å². The van der Waals surface area contributed by atoms with Gasteiger partial charge in [0.2, 0.25) is 17.7 Å². The van der Waals surface area contributed by atoms with Crippen molar-refractivity contribution < 1.29 is 33.8 Å². The van der Waals surface area contributed by atoms with Crippen LogP contribution in [0.3, 0.4) is 0 Å². The Morgan fingerprint density at radius 1 is 1.00 bits per heavy atom. The molecule has 2 aliphatic heterocycles. The highest BCUT2D eigenvalue weighted by molar-refractivity contribution is 5.94. The van der Waals surface area contributed by atoms with E-state index in [1.165, 1.54) is 17.0 Å². The molecule has 1 aromatic rings. The number of likely N-dealkylation sites (tertiary alicyclic amines) is 1. The number of nitrogens with one attached hydrogen (secondary N) is 4. The minimum atomic E-state index is -0.902. The van der Waals surface area contributed by atoms with Gasteiger partial charge < -0.3 is 30.7 Å². The molecular formula is C31H47N5O7. The van der Waals surface area contributed by atoms with Crippen molar-refractivity contribution in [3.63, 3.8) is 0 Å². The summed E-state index contributed by atoms with van der Waals surface area (Å²) in [6.07, 6.45) is -0.0448. The molecule has 12 nitrogen and oxygen atoms in total. The summed E-state index contributed by atoms with van der Waals surface area (Å²) in [6.45, 7) is 12.9. The third-order valence-electron chi connectivity index (χ3n) is 7.57.